The second-order valence-electron chi connectivity index (χ2n) is 6.58. The van der Waals surface area contributed by atoms with Crippen molar-refractivity contribution in [2.45, 2.75) is 13.5 Å². The zero-order valence-electron chi connectivity index (χ0n) is 17.2. The molecule has 0 aliphatic carbocycles. The molecule has 0 saturated heterocycles. The van der Waals surface area contributed by atoms with E-state index >= 15 is 0 Å². The number of hydrazone groups is 1. The predicted octanol–water partition coefficient (Wildman–Crippen LogP) is 4.36. The smallest absolute Gasteiger partial charge is 0.271 e. The van der Waals surface area contributed by atoms with Gasteiger partial charge in [0.2, 0.25) is 0 Å². The van der Waals surface area contributed by atoms with Gasteiger partial charge in [-0.1, -0.05) is 42.0 Å². The molecule has 0 saturated carbocycles. The van der Waals surface area contributed by atoms with E-state index in [0.29, 0.717) is 29.4 Å². The van der Waals surface area contributed by atoms with Gasteiger partial charge in [-0.2, -0.15) is 5.10 Å². The first kappa shape index (κ1) is 20.9. The maximum absolute atomic E-state index is 12.4. The average molecular weight is 404 g/mol. The van der Waals surface area contributed by atoms with E-state index in [-0.39, 0.29) is 5.91 Å². The molecule has 0 aliphatic rings. The van der Waals surface area contributed by atoms with Crippen LogP contribution in [0.1, 0.15) is 27.0 Å². The molecule has 1 N–H and O–H groups in total. The van der Waals surface area contributed by atoms with Crippen molar-refractivity contribution in [2.24, 2.45) is 5.10 Å². The number of amides is 1. The third kappa shape index (κ3) is 5.38. The van der Waals surface area contributed by atoms with E-state index in [4.69, 9.17) is 14.2 Å². The second-order valence-corrected chi connectivity index (χ2v) is 6.58. The van der Waals surface area contributed by atoms with Crippen LogP contribution in [0.25, 0.3) is 0 Å². The summed E-state index contributed by atoms with van der Waals surface area (Å²) >= 11 is 0. The van der Waals surface area contributed by atoms with Crippen LogP contribution in [0, 0.1) is 6.92 Å². The van der Waals surface area contributed by atoms with E-state index in [1.54, 1.807) is 31.5 Å². The lowest BCUT2D eigenvalue weighted by Crippen LogP contribution is -2.17. The number of nitrogens with zero attached hydrogens (tertiary/aromatic N) is 1. The summed E-state index contributed by atoms with van der Waals surface area (Å²) in [6.07, 6.45) is 1.56. The normalized spacial score (nSPS) is 10.6. The first-order valence-electron chi connectivity index (χ1n) is 9.43. The highest BCUT2D eigenvalue weighted by molar-refractivity contribution is 5.95. The van der Waals surface area contributed by atoms with Crippen LogP contribution in [0.5, 0.6) is 17.2 Å². The van der Waals surface area contributed by atoms with Gasteiger partial charge < -0.3 is 14.2 Å². The summed E-state index contributed by atoms with van der Waals surface area (Å²) in [4.78, 5) is 12.4. The zero-order chi connectivity index (χ0) is 21.3. The Morgan fingerprint density at radius 2 is 1.67 bits per heavy atom. The number of benzene rings is 3. The molecule has 6 nitrogen and oxygen atoms in total. The number of hydrogen-bond acceptors (Lipinski definition) is 5. The lowest BCUT2D eigenvalue weighted by molar-refractivity contribution is 0.0954. The Morgan fingerprint density at radius 3 is 2.40 bits per heavy atom. The van der Waals surface area contributed by atoms with Crippen molar-refractivity contribution in [1.29, 1.82) is 0 Å². The summed E-state index contributed by atoms with van der Waals surface area (Å²) in [6, 6.07) is 20.6. The largest absolute Gasteiger partial charge is 0.493 e. The minimum absolute atomic E-state index is 0.356. The number of nitrogens with one attached hydrogen (secondary N) is 1. The van der Waals surface area contributed by atoms with E-state index in [0.717, 1.165) is 11.1 Å². The molecule has 0 fully saturated rings. The molecule has 0 aromatic heterocycles. The summed E-state index contributed by atoms with van der Waals surface area (Å²) in [5.74, 6) is 1.36. The molecule has 0 radical (unpaired) electrons. The van der Waals surface area contributed by atoms with E-state index < -0.39 is 0 Å². The molecule has 30 heavy (non-hydrogen) atoms. The van der Waals surface area contributed by atoms with Gasteiger partial charge >= 0.3 is 0 Å². The van der Waals surface area contributed by atoms with Gasteiger partial charge in [0, 0.05) is 11.1 Å². The molecule has 0 spiro atoms. The minimum atomic E-state index is -0.356. The van der Waals surface area contributed by atoms with Crippen LogP contribution in [-0.4, -0.2) is 26.3 Å². The number of rotatable bonds is 8. The highest BCUT2D eigenvalue weighted by Gasteiger charge is 2.10. The third-order valence-electron chi connectivity index (χ3n) is 4.45. The number of para-hydroxylation sites is 1. The topological polar surface area (TPSA) is 69.2 Å². The van der Waals surface area contributed by atoms with Crippen LogP contribution < -0.4 is 19.6 Å². The summed E-state index contributed by atoms with van der Waals surface area (Å²) in [6.45, 7) is 2.50. The summed E-state index contributed by atoms with van der Waals surface area (Å²) in [5.41, 5.74) is 5.98. The maximum Gasteiger partial charge on any atom is 0.271 e. The highest BCUT2D eigenvalue weighted by atomic mass is 16.5. The SMILES string of the molecule is COc1ccc(C(=O)N/N=C/c2ccccc2OCc2ccc(C)cc2)cc1OC. The summed E-state index contributed by atoms with van der Waals surface area (Å²) in [7, 11) is 3.06. The highest BCUT2D eigenvalue weighted by Crippen LogP contribution is 2.27. The number of carbonyl (C=O) groups excluding carboxylic acids is 1. The van der Waals surface area contributed by atoms with Crippen molar-refractivity contribution in [3.05, 3.63) is 89.0 Å². The second kappa shape index (κ2) is 10.1. The molecule has 0 atom stereocenters. The third-order valence-corrected chi connectivity index (χ3v) is 4.45. The molecular formula is C24H24N2O4. The van der Waals surface area contributed by atoms with Crippen LogP contribution >= 0.6 is 0 Å². The van der Waals surface area contributed by atoms with Gasteiger partial charge in [-0.05, 0) is 42.8 Å². The van der Waals surface area contributed by atoms with E-state index in [9.17, 15) is 4.79 Å². The lowest BCUT2D eigenvalue weighted by Gasteiger charge is -2.10. The molecule has 3 aromatic carbocycles. The van der Waals surface area contributed by atoms with Gasteiger partial charge in [-0.3, -0.25) is 4.79 Å². The van der Waals surface area contributed by atoms with Crippen LogP contribution in [0.15, 0.2) is 71.8 Å². The number of carbonyl (C=O) groups is 1. The summed E-state index contributed by atoms with van der Waals surface area (Å²) in [5, 5.41) is 4.07. The summed E-state index contributed by atoms with van der Waals surface area (Å²) < 4.78 is 16.3. The van der Waals surface area contributed by atoms with Crippen molar-refractivity contribution >= 4 is 12.1 Å². The molecule has 3 rings (SSSR count). The van der Waals surface area contributed by atoms with Gasteiger partial charge in [0.25, 0.3) is 5.91 Å². The van der Waals surface area contributed by atoms with Crippen molar-refractivity contribution < 1.29 is 19.0 Å². The maximum atomic E-state index is 12.4. The van der Waals surface area contributed by atoms with Crippen LogP contribution in [0.4, 0.5) is 0 Å². The molecule has 0 heterocycles. The number of methoxy groups -OCH3 is 2. The van der Waals surface area contributed by atoms with E-state index in [1.807, 2.05) is 43.3 Å². The first-order chi connectivity index (χ1) is 14.6. The fraction of sp³-hybridized carbons (Fsp3) is 0.167. The van der Waals surface area contributed by atoms with E-state index in [1.165, 1.54) is 12.7 Å². The van der Waals surface area contributed by atoms with Crippen LogP contribution in [0.2, 0.25) is 0 Å². The van der Waals surface area contributed by atoms with Crippen molar-refractivity contribution in [3.8, 4) is 17.2 Å². The molecule has 1 amide bonds. The molecule has 0 unspecified atom stereocenters. The Balaban J connectivity index is 1.65. The fourth-order valence-corrected chi connectivity index (χ4v) is 2.77. The minimum Gasteiger partial charge on any atom is -0.493 e. The van der Waals surface area contributed by atoms with Gasteiger partial charge in [0.1, 0.15) is 12.4 Å². The molecule has 6 heteroatoms. The standard InChI is InChI=1S/C24H24N2O4/c1-17-8-10-18(11-9-17)16-30-21-7-5-4-6-20(21)15-25-26-24(27)19-12-13-22(28-2)23(14-19)29-3/h4-15H,16H2,1-3H3,(H,26,27)/b25-15+. The fourth-order valence-electron chi connectivity index (χ4n) is 2.77. The van der Waals surface area contributed by atoms with Crippen molar-refractivity contribution in [3.63, 3.8) is 0 Å². The number of hydrogen-bond donors (Lipinski definition) is 1. The van der Waals surface area contributed by atoms with Crippen LogP contribution in [-0.2, 0) is 6.61 Å². The van der Waals surface area contributed by atoms with E-state index in [2.05, 4.69) is 22.7 Å². The van der Waals surface area contributed by atoms with Gasteiger partial charge in [-0.15, -0.1) is 0 Å². The zero-order valence-corrected chi connectivity index (χ0v) is 17.2. The number of aryl methyl sites for hydroxylation is 1. The van der Waals surface area contributed by atoms with Crippen molar-refractivity contribution in [1.82, 2.24) is 5.43 Å². The number of ether oxygens (including phenoxy) is 3. The Hall–Kier alpha value is -3.80. The van der Waals surface area contributed by atoms with Gasteiger partial charge in [0.15, 0.2) is 11.5 Å². The van der Waals surface area contributed by atoms with Gasteiger partial charge in [0.05, 0.1) is 20.4 Å². The molecule has 0 bridgehead atoms. The molecule has 0 aliphatic heterocycles. The first-order valence-corrected chi connectivity index (χ1v) is 9.43. The van der Waals surface area contributed by atoms with Crippen LogP contribution in [0.3, 0.4) is 0 Å². The van der Waals surface area contributed by atoms with Crippen molar-refractivity contribution in [2.75, 3.05) is 14.2 Å². The monoisotopic (exact) mass is 404 g/mol. The quantitative estimate of drug-likeness (QED) is 0.448. The Labute approximate surface area is 176 Å². The lowest BCUT2D eigenvalue weighted by atomic mass is 10.1. The van der Waals surface area contributed by atoms with Gasteiger partial charge in [-0.25, -0.2) is 5.43 Å². The molecular weight excluding hydrogens is 380 g/mol. The predicted molar refractivity (Wildman–Crippen MR) is 117 cm³/mol. The average Bonchev–Trinajstić information content (AvgIpc) is 2.78. The molecule has 3 aromatic rings. The Kier molecular flexibility index (Phi) is 7.05. The Bertz CT molecular complexity index is 1030. The Morgan fingerprint density at radius 1 is 0.933 bits per heavy atom. The molecule has 154 valence electrons.